The Kier molecular flexibility index (Phi) is 5.92. The Bertz CT molecular complexity index is 1630. The topological polar surface area (TPSA) is 87.5 Å². The maximum absolute atomic E-state index is 14.6. The maximum Gasteiger partial charge on any atom is 0.181 e. The fourth-order valence-corrected chi connectivity index (χ4v) is 5.47. The maximum atomic E-state index is 14.6. The number of H-pyrrole nitrogens is 1. The molecule has 2 saturated heterocycles. The van der Waals surface area contributed by atoms with Gasteiger partial charge < -0.3 is 14.5 Å². The molecule has 2 fully saturated rings. The summed E-state index contributed by atoms with van der Waals surface area (Å²) in [5, 5.41) is 11.9. The molecule has 1 unspecified atom stereocenters. The second kappa shape index (κ2) is 9.73. The van der Waals surface area contributed by atoms with Crippen molar-refractivity contribution < 1.29 is 13.5 Å². The van der Waals surface area contributed by atoms with E-state index in [2.05, 4.69) is 32.3 Å². The van der Waals surface area contributed by atoms with Crippen LogP contribution in [-0.4, -0.2) is 62.6 Å². The fourth-order valence-electron chi connectivity index (χ4n) is 5.47. The van der Waals surface area contributed by atoms with Crippen LogP contribution in [0.3, 0.4) is 0 Å². The molecule has 2 aliphatic rings. The quantitative estimate of drug-likeness (QED) is 0.356. The number of rotatable bonds is 5. The summed E-state index contributed by atoms with van der Waals surface area (Å²) < 4.78 is 35.7. The van der Waals surface area contributed by atoms with Gasteiger partial charge in [0.25, 0.3) is 0 Å². The van der Waals surface area contributed by atoms with Crippen LogP contribution in [0.4, 0.5) is 20.3 Å². The van der Waals surface area contributed by atoms with Crippen LogP contribution in [-0.2, 0) is 4.74 Å². The average molecular weight is 529 g/mol. The number of ether oxygens (including phenoxy) is 1. The number of halogens is 2. The lowest BCUT2D eigenvalue weighted by Gasteiger charge is -2.28. The van der Waals surface area contributed by atoms with E-state index < -0.39 is 11.6 Å². The third kappa shape index (κ3) is 4.38. The molecule has 0 spiro atoms. The van der Waals surface area contributed by atoms with Gasteiger partial charge in [0.1, 0.15) is 17.5 Å². The molecule has 0 saturated carbocycles. The molecule has 1 atom stereocenters. The number of hydrogen-bond donors (Lipinski definition) is 1. The van der Waals surface area contributed by atoms with Gasteiger partial charge in [0, 0.05) is 42.6 Å². The Hall–Kier alpha value is -4.38. The zero-order valence-electron chi connectivity index (χ0n) is 21.1. The SMILES string of the molecule is Fc1ccc(F)c(C2CCCN2c2ccn3ncc(-c4nc(-c5ccc(N6CCOCC6)cc5)n[nH]4)c3n2)c1. The van der Waals surface area contributed by atoms with E-state index in [4.69, 9.17) is 14.7 Å². The predicted molar refractivity (Wildman–Crippen MR) is 143 cm³/mol. The monoisotopic (exact) mass is 528 g/mol. The highest BCUT2D eigenvalue weighted by Crippen LogP contribution is 2.37. The molecule has 39 heavy (non-hydrogen) atoms. The van der Waals surface area contributed by atoms with Crippen molar-refractivity contribution in [2.75, 3.05) is 42.6 Å². The predicted octanol–water partition coefficient (Wildman–Crippen LogP) is 4.64. The van der Waals surface area contributed by atoms with Crippen LogP contribution in [0.5, 0.6) is 0 Å². The molecule has 2 aromatic carbocycles. The first kappa shape index (κ1) is 23.7. The van der Waals surface area contributed by atoms with Crippen molar-refractivity contribution in [2.24, 2.45) is 0 Å². The molecule has 0 radical (unpaired) electrons. The van der Waals surface area contributed by atoms with Crippen LogP contribution in [0.25, 0.3) is 28.4 Å². The second-order valence-corrected chi connectivity index (χ2v) is 9.78. The summed E-state index contributed by atoms with van der Waals surface area (Å²) in [6.45, 7) is 3.93. The summed E-state index contributed by atoms with van der Waals surface area (Å²) in [5.74, 6) is 0.948. The highest BCUT2D eigenvalue weighted by molar-refractivity contribution is 5.74. The van der Waals surface area contributed by atoms with Gasteiger partial charge in [0.2, 0.25) is 0 Å². The van der Waals surface area contributed by atoms with E-state index in [1.165, 1.54) is 12.1 Å². The number of anilines is 2. The van der Waals surface area contributed by atoms with E-state index in [0.717, 1.165) is 56.5 Å². The molecule has 0 aliphatic carbocycles. The number of morpholine rings is 1. The Morgan fingerprint density at radius 3 is 2.64 bits per heavy atom. The molecule has 2 aliphatic heterocycles. The molecule has 3 aromatic heterocycles. The lowest BCUT2D eigenvalue weighted by molar-refractivity contribution is 0.122. The van der Waals surface area contributed by atoms with Gasteiger partial charge in [-0.2, -0.15) is 10.2 Å². The minimum absolute atomic E-state index is 0.292. The number of aromatic amines is 1. The van der Waals surface area contributed by atoms with Crippen LogP contribution in [0.2, 0.25) is 0 Å². The highest BCUT2D eigenvalue weighted by atomic mass is 19.1. The zero-order valence-corrected chi connectivity index (χ0v) is 21.1. The first-order chi connectivity index (χ1) is 19.1. The Morgan fingerprint density at radius 1 is 0.949 bits per heavy atom. The Morgan fingerprint density at radius 2 is 1.79 bits per heavy atom. The largest absolute Gasteiger partial charge is 0.378 e. The lowest BCUT2D eigenvalue weighted by Crippen LogP contribution is -2.36. The lowest BCUT2D eigenvalue weighted by atomic mass is 10.0. The normalized spacial score (nSPS) is 17.8. The first-order valence-corrected chi connectivity index (χ1v) is 13.1. The number of aromatic nitrogens is 6. The molecular weight excluding hydrogens is 502 g/mol. The minimum Gasteiger partial charge on any atom is -0.378 e. The van der Waals surface area contributed by atoms with Crippen molar-refractivity contribution in [1.29, 1.82) is 0 Å². The molecule has 11 heteroatoms. The van der Waals surface area contributed by atoms with E-state index >= 15 is 0 Å². The first-order valence-electron chi connectivity index (χ1n) is 13.1. The van der Waals surface area contributed by atoms with Crippen LogP contribution < -0.4 is 9.80 Å². The second-order valence-electron chi connectivity index (χ2n) is 9.78. The number of hydrogen-bond acceptors (Lipinski definition) is 7. The van der Waals surface area contributed by atoms with Gasteiger partial charge in [-0.25, -0.2) is 23.3 Å². The third-order valence-corrected chi connectivity index (χ3v) is 7.46. The third-order valence-electron chi connectivity index (χ3n) is 7.46. The van der Waals surface area contributed by atoms with Crippen LogP contribution in [0, 0.1) is 11.6 Å². The summed E-state index contributed by atoms with van der Waals surface area (Å²) in [6, 6.07) is 13.4. The van der Waals surface area contributed by atoms with Gasteiger partial charge in [-0.1, -0.05) is 0 Å². The van der Waals surface area contributed by atoms with Crippen molar-refractivity contribution in [3.05, 3.63) is 78.1 Å². The van der Waals surface area contributed by atoms with Crippen molar-refractivity contribution >= 4 is 17.2 Å². The van der Waals surface area contributed by atoms with E-state index in [9.17, 15) is 8.78 Å². The van der Waals surface area contributed by atoms with Gasteiger partial charge in [0.05, 0.1) is 31.0 Å². The number of benzene rings is 2. The van der Waals surface area contributed by atoms with Gasteiger partial charge in [-0.05, 0) is 61.4 Å². The smallest absolute Gasteiger partial charge is 0.181 e. The highest BCUT2D eigenvalue weighted by Gasteiger charge is 2.30. The average Bonchev–Trinajstić information content (AvgIpc) is 3.74. The van der Waals surface area contributed by atoms with Crippen molar-refractivity contribution in [1.82, 2.24) is 29.8 Å². The molecule has 5 heterocycles. The summed E-state index contributed by atoms with van der Waals surface area (Å²) in [4.78, 5) is 13.9. The summed E-state index contributed by atoms with van der Waals surface area (Å²) in [7, 11) is 0. The van der Waals surface area contributed by atoms with E-state index in [1.807, 2.05) is 29.3 Å². The number of nitrogens with zero attached hydrogens (tertiary/aromatic N) is 7. The molecule has 5 aromatic rings. The molecule has 0 amide bonds. The van der Waals surface area contributed by atoms with Gasteiger partial charge >= 0.3 is 0 Å². The zero-order chi connectivity index (χ0) is 26.3. The van der Waals surface area contributed by atoms with Crippen LogP contribution in [0.1, 0.15) is 24.4 Å². The molecule has 198 valence electrons. The molecular formula is C28H26F2N8O. The summed E-state index contributed by atoms with van der Waals surface area (Å²) in [6.07, 6.45) is 5.09. The van der Waals surface area contributed by atoms with E-state index in [-0.39, 0.29) is 6.04 Å². The minimum atomic E-state index is -0.448. The van der Waals surface area contributed by atoms with E-state index in [1.54, 1.807) is 10.7 Å². The summed E-state index contributed by atoms with van der Waals surface area (Å²) >= 11 is 0. The van der Waals surface area contributed by atoms with E-state index in [0.29, 0.717) is 40.8 Å². The van der Waals surface area contributed by atoms with Crippen LogP contribution in [0.15, 0.2) is 60.9 Å². The standard InChI is InChI=1S/C28H26F2N8O/c29-19-5-8-23(30)21(16-19)24-2-1-10-37(24)25-9-11-38-28(32-25)22(17-31-38)27-33-26(34-35-27)18-3-6-20(7-4-18)36-12-14-39-15-13-36/h3-9,11,16-17,24H,1-2,10,12-15H2,(H,33,34,35). The number of fused-ring (bicyclic) bond motifs is 1. The Balaban J connectivity index is 1.17. The molecule has 7 rings (SSSR count). The molecule has 0 bridgehead atoms. The molecule has 9 nitrogen and oxygen atoms in total. The molecule has 1 N–H and O–H groups in total. The fraction of sp³-hybridized carbons (Fsp3) is 0.286. The Labute approximate surface area is 223 Å². The van der Waals surface area contributed by atoms with Crippen LogP contribution >= 0.6 is 0 Å². The number of nitrogens with one attached hydrogen (secondary N) is 1. The van der Waals surface area contributed by atoms with Crippen molar-refractivity contribution in [3.8, 4) is 22.8 Å². The van der Waals surface area contributed by atoms with Gasteiger partial charge in [-0.3, -0.25) is 5.10 Å². The van der Waals surface area contributed by atoms with Gasteiger partial charge in [0.15, 0.2) is 17.3 Å². The summed E-state index contributed by atoms with van der Waals surface area (Å²) in [5.41, 5.74) is 3.70. The van der Waals surface area contributed by atoms with Crippen molar-refractivity contribution in [2.45, 2.75) is 18.9 Å². The van der Waals surface area contributed by atoms with Gasteiger partial charge in [-0.15, -0.1) is 0 Å². The van der Waals surface area contributed by atoms with Crippen molar-refractivity contribution in [3.63, 3.8) is 0 Å².